The average molecular weight is 482 g/mol. The molecule has 0 saturated carbocycles. The van der Waals surface area contributed by atoms with Crippen molar-refractivity contribution >= 4 is 5.91 Å². The maximum absolute atomic E-state index is 14.5. The van der Waals surface area contributed by atoms with Crippen LogP contribution in [0.1, 0.15) is 52.9 Å². The Morgan fingerprint density at radius 2 is 1.63 bits per heavy atom. The second-order valence-corrected chi connectivity index (χ2v) is 8.80. The molecule has 1 atom stereocenters. The summed E-state index contributed by atoms with van der Waals surface area (Å²) in [7, 11) is 3.10. The zero-order chi connectivity index (χ0) is 25.1. The van der Waals surface area contributed by atoms with E-state index in [-0.39, 0.29) is 13.2 Å². The number of rotatable bonds is 7. The lowest BCUT2D eigenvalue weighted by Gasteiger charge is -2.37. The summed E-state index contributed by atoms with van der Waals surface area (Å²) in [6.45, 7) is 4.60. The van der Waals surface area contributed by atoms with E-state index in [0.717, 1.165) is 23.3 Å². The molecule has 35 heavy (non-hydrogen) atoms. The van der Waals surface area contributed by atoms with Crippen molar-refractivity contribution < 1.29 is 27.8 Å². The summed E-state index contributed by atoms with van der Waals surface area (Å²) in [6.07, 6.45) is 0.497. The van der Waals surface area contributed by atoms with Gasteiger partial charge in [-0.1, -0.05) is 32.0 Å². The fourth-order valence-corrected chi connectivity index (χ4v) is 4.42. The number of hydrogen-bond acceptors (Lipinski definition) is 4. The van der Waals surface area contributed by atoms with E-state index in [2.05, 4.69) is 13.8 Å². The number of ether oxygens (including phenoxy) is 3. The Hall–Kier alpha value is -3.61. The zero-order valence-electron chi connectivity index (χ0n) is 20.3. The number of nitrogens with zero attached hydrogens (tertiary/aromatic N) is 1. The number of fused-ring (bicyclic) bond motifs is 1. The van der Waals surface area contributed by atoms with E-state index in [1.54, 1.807) is 13.2 Å². The first-order chi connectivity index (χ1) is 16.8. The molecule has 0 saturated heterocycles. The van der Waals surface area contributed by atoms with E-state index in [1.807, 2.05) is 30.3 Å². The fourth-order valence-electron chi connectivity index (χ4n) is 4.42. The third-order valence-corrected chi connectivity index (χ3v) is 6.39. The zero-order valence-corrected chi connectivity index (χ0v) is 20.3. The van der Waals surface area contributed by atoms with Gasteiger partial charge in [0.05, 0.1) is 20.3 Å². The number of carbonyl (C=O) groups excluding carboxylic acids is 1. The highest BCUT2D eigenvalue weighted by Crippen LogP contribution is 2.39. The molecule has 184 valence electrons. The Morgan fingerprint density at radius 1 is 1.00 bits per heavy atom. The predicted molar refractivity (Wildman–Crippen MR) is 129 cm³/mol. The van der Waals surface area contributed by atoms with Crippen LogP contribution in [0.2, 0.25) is 0 Å². The van der Waals surface area contributed by atoms with Gasteiger partial charge >= 0.3 is 0 Å². The van der Waals surface area contributed by atoms with Crippen LogP contribution in [0, 0.1) is 11.6 Å². The molecule has 1 unspecified atom stereocenters. The minimum atomic E-state index is -0.892. The van der Waals surface area contributed by atoms with Crippen LogP contribution in [-0.4, -0.2) is 38.2 Å². The van der Waals surface area contributed by atoms with Crippen molar-refractivity contribution in [3.05, 3.63) is 88.5 Å². The highest BCUT2D eigenvalue weighted by atomic mass is 19.1. The summed E-state index contributed by atoms with van der Waals surface area (Å²) in [6, 6.07) is 14.3. The third kappa shape index (κ3) is 4.94. The van der Waals surface area contributed by atoms with Gasteiger partial charge in [-0.25, -0.2) is 8.78 Å². The predicted octanol–water partition coefficient (Wildman–Crippen LogP) is 5.92. The standard InChI is InChI=1S/C28H29F2NO4/c1-17(2)18-8-10-20(11-9-18)35-16-24-21-15-26(34-4)25(33-3)14-19(21)12-13-31(24)28(32)27-22(29)6-5-7-23(27)30/h5-11,14-15,17,24H,12-13,16H2,1-4H3. The van der Waals surface area contributed by atoms with Gasteiger partial charge in [0.2, 0.25) is 0 Å². The Bertz CT molecular complexity index is 1190. The lowest BCUT2D eigenvalue weighted by Crippen LogP contribution is -2.43. The first-order valence-electron chi connectivity index (χ1n) is 11.6. The van der Waals surface area contributed by atoms with Crippen molar-refractivity contribution in [3.63, 3.8) is 0 Å². The van der Waals surface area contributed by atoms with Crippen molar-refractivity contribution in [2.45, 2.75) is 32.2 Å². The number of benzene rings is 3. The van der Waals surface area contributed by atoms with Gasteiger partial charge in [-0.15, -0.1) is 0 Å². The Balaban J connectivity index is 1.71. The number of halogens is 2. The highest BCUT2D eigenvalue weighted by Gasteiger charge is 2.35. The fraction of sp³-hybridized carbons (Fsp3) is 0.321. The van der Waals surface area contributed by atoms with E-state index in [4.69, 9.17) is 14.2 Å². The van der Waals surface area contributed by atoms with Gasteiger partial charge in [-0.2, -0.15) is 0 Å². The number of hydrogen-bond donors (Lipinski definition) is 0. The molecule has 1 amide bonds. The Morgan fingerprint density at radius 3 is 2.23 bits per heavy atom. The molecule has 5 nitrogen and oxygen atoms in total. The molecule has 0 aromatic heterocycles. The first kappa shape index (κ1) is 24.5. The quantitative estimate of drug-likeness (QED) is 0.420. The third-order valence-electron chi connectivity index (χ3n) is 6.39. The molecule has 0 bridgehead atoms. The largest absolute Gasteiger partial charge is 0.493 e. The normalized spacial score (nSPS) is 15.1. The highest BCUT2D eigenvalue weighted by molar-refractivity contribution is 5.95. The van der Waals surface area contributed by atoms with Gasteiger partial charge in [0.1, 0.15) is 29.6 Å². The van der Waals surface area contributed by atoms with E-state index in [1.165, 1.54) is 23.6 Å². The van der Waals surface area contributed by atoms with E-state index < -0.39 is 29.1 Å². The van der Waals surface area contributed by atoms with E-state index in [0.29, 0.717) is 29.6 Å². The van der Waals surface area contributed by atoms with Crippen LogP contribution in [0.3, 0.4) is 0 Å². The lowest BCUT2D eigenvalue weighted by molar-refractivity contribution is 0.0579. The van der Waals surface area contributed by atoms with Crippen molar-refractivity contribution in [1.29, 1.82) is 0 Å². The van der Waals surface area contributed by atoms with Crippen molar-refractivity contribution in [2.75, 3.05) is 27.4 Å². The van der Waals surface area contributed by atoms with Crippen LogP contribution in [0.25, 0.3) is 0 Å². The molecule has 1 heterocycles. The van der Waals surface area contributed by atoms with Gasteiger partial charge in [-0.05, 0) is 65.4 Å². The lowest BCUT2D eigenvalue weighted by atomic mass is 9.91. The van der Waals surface area contributed by atoms with Crippen LogP contribution in [0.15, 0.2) is 54.6 Å². The summed E-state index contributed by atoms with van der Waals surface area (Å²) < 4.78 is 46.0. The topological polar surface area (TPSA) is 48.0 Å². The SMILES string of the molecule is COc1cc2c(cc1OC)C(COc1ccc(C(C)C)cc1)N(C(=O)c1c(F)cccc1F)CC2. The number of amides is 1. The molecule has 0 fully saturated rings. The van der Waals surface area contributed by atoms with E-state index in [9.17, 15) is 13.6 Å². The van der Waals surface area contributed by atoms with Crippen LogP contribution in [-0.2, 0) is 6.42 Å². The summed E-state index contributed by atoms with van der Waals surface area (Å²) in [5.41, 5.74) is 2.37. The average Bonchev–Trinajstić information content (AvgIpc) is 2.86. The molecular formula is C28H29F2NO4. The van der Waals surface area contributed by atoms with Crippen molar-refractivity contribution in [1.82, 2.24) is 4.90 Å². The maximum Gasteiger partial charge on any atom is 0.260 e. The molecule has 0 radical (unpaired) electrons. The molecule has 0 spiro atoms. The minimum absolute atomic E-state index is 0.103. The molecule has 3 aromatic carbocycles. The molecule has 0 N–H and O–H groups in total. The monoisotopic (exact) mass is 481 g/mol. The van der Waals surface area contributed by atoms with Gasteiger partial charge in [0, 0.05) is 6.54 Å². The second-order valence-electron chi connectivity index (χ2n) is 8.80. The molecule has 4 rings (SSSR count). The molecule has 1 aliphatic rings. The van der Waals surface area contributed by atoms with Crippen LogP contribution < -0.4 is 14.2 Å². The van der Waals surface area contributed by atoms with Gasteiger partial charge in [-0.3, -0.25) is 4.79 Å². The van der Waals surface area contributed by atoms with Gasteiger partial charge in [0.25, 0.3) is 5.91 Å². The number of methoxy groups -OCH3 is 2. The molecule has 1 aliphatic heterocycles. The molecule has 0 aliphatic carbocycles. The number of carbonyl (C=O) groups is 1. The smallest absolute Gasteiger partial charge is 0.260 e. The second kappa shape index (κ2) is 10.3. The summed E-state index contributed by atoms with van der Waals surface area (Å²) >= 11 is 0. The first-order valence-corrected chi connectivity index (χ1v) is 11.6. The Labute approximate surface area is 204 Å². The van der Waals surface area contributed by atoms with Crippen molar-refractivity contribution in [2.24, 2.45) is 0 Å². The van der Waals surface area contributed by atoms with Crippen LogP contribution in [0.5, 0.6) is 17.2 Å². The maximum atomic E-state index is 14.5. The van der Waals surface area contributed by atoms with Gasteiger partial charge < -0.3 is 19.1 Å². The molecule has 7 heteroatoms. The van der Waals surface area contributed by atoms with Gasteiger partial charge in [0.15, 0.2) is 11.5 Å². The minimum Gasteiger partial charge on any atom is -0.493 e. The Kier molecular flexibility index (Phi) is 7.24. The molecular weight excluding hydrogens is 452 g/mol. The molecule has 3 aromatic rings. The summed E-state index contributed by atoms with van der Waals surface area (Å²) in [4.78, 5) is 14.9. The summed E-state index contributed by atoms with van der Waals surface area (Å²) in [5.74, 6) is -0.384. The van der Waals surface area contributed by atoms with Crippen LogP contribution >= 0.6 is 0 Å². The summed E-state index contributed by atoms with van der Waals surface area (Å²) in [5, 5.41) is 0. The van der Waals surface area contributed by atoms with E-state index >= 15 is 0 Å². The van der Waals surface area contributed by atoms with Crippen molar-refractivity contribution in [3.8, 4) is 17.2 Å². The van der Waals surface area contributed by atoms with Crippen LogP contribution in [0.4, 0.5) is 8.78 Å².